The molecule has 128 valence electrons. The van der Waals surface area contributed by atoms with E-state index in [2.05, 4.69) is 4.98 Å². The molecule has 3 nitrogen and oxygen atoms in total. The van der Waals surface area contributed by atoms with Gasteiger partial charge in [0.15, 0.2) is 0 Å². The molecule has 0 bridgehead atoms. The summed E-state index contributed by atoms with van der Waals surface area (Å²) in [5.41, 5.74) is 1.03. The lowest BCUT2D eigenvalue weighted by molar-refractivity contribution is -0.179. The lowest BCUT2D eigenvalue weighted by Crippen LogP contribution is -2.41. The van der Waals surface area contributed by atoms with E-state index in [0.717, 1.165) is 0 Å². The van der Waals surface area contributed by atoms with Crippen molar-refractivity contribution in [1.29, 1.82) is 0 Å². The van der Waals surface area contributed by atoms with E-state index in [-0.39, 0.29) is 12.2 Å². The van der Waals surface area contributed by atoms with Crippen LogP contribution in [0.4, 0.5) is 26.3 Å². The molecule has 1 heterocycles. The number of phenolic OH excluding ortho intramolecular Hbond substituents is 1. The zero-order valence-corrected chi connectivity index (χ0v) is 11.8. The Morgan fingerprint density at radius 2 is 1.61 bits per heavy atom. The molecule has 9 heteroatoms. The van der Waals surface area contributed by atoms with Crippen LogP contribution in [0.5, 0.6) is 5.75 Å². The SMILES string of the molecule is Oc1cccc2[nH]cc(CCN(CC(F)(F)F)CC(F)(F)F)c12. The highest BCUT2D eigenvalue weighted by Gasteiger charge is 2.37. The van der Waals surface area contributed by atoms with Crippen LogP contribution in [0.25, 0.3) is 10.9 Å². The van der Waals surface area contributed by atoms with Gasteiger partial charge in [0.25, 0.3) is 0 Å². The van der Waals surface area contributed by atoms with Crippen molar-refractivity contribution in [1.82, 2.24) is 9.88 Å². The molecule has 0 amide bonds. The van der Waals surface area contributed by atoms with E-state index in [4.69, 9.17) is 0 Å². The highest BCUT2D eigenvalue weighted by atomic mass is 19.4. The summed E-state index contributed by atoms with van der Waals surface area (Å²) in [5, 5.41) is 10.2. The van der Waals surface area contributed by atoms with E-state index in [1.165, 1.54) is 12.3 Å². The molecule has 0 spiro atoms. The fourth-order valence-corrected chi connectivity index (χ4v) is 2.43. The second kappa shape index (κ2) is 6.31. The molecule has 0 saturated heterocycles. The molecule has 0 aliphatic carbocycles. The van der Waals surface area contributed by atoms with E-state index < -0.39 is 32.0 Å². The number of halogens is 6. The minimum atomic E-state index is -4.71. The van der Waals surface area contributed by atoms with E-state index >= 15 is 0 Å². The third-order valence-electron chi connectivity index (χ3n) is 3.27. The quantitative estimate of drug-likeness (QED) is 0.812. The van der Waals surface area contributed by atoms with Gasteiger partial charge in [-0.05, 0) is 24.1 Å². The van der Waals surface area contributed by atoms with Gasteiger partial charge in [-0.3, -0.25) is 4.90 Å². The maximum absolute atomic E-state index is 12.4. The van der Waals surface area contributed by atoms with Gasteiger partial charge in [-0.2, -0.15) is 26.3 Å². The Hall–Kier alpha value is -1.90. The van der Waals surface area contributed by atoms with E-state index in [1.54, 1.807) is 12.1 Å². The molecule has 2 aromatic rings. The number of benzene rings is 1. The molecule has 2 rings (SSSR count). The molecule has 0 radical (unpaired) electrons. The number of phenols is 1. The zero-order valence-electron chi connectivity index (χ0n) is 11.8. The Morgan fingerprint density at radius 1 is 1.00 bits per heavy atom. The van der Waals surface area contributed by atoms with Crippen LogP contribution in [-0.4, -0.2) is 47.0 Å². The van der Waals surface area contributed by atoms with Crippen molar-refractivity contribution < 1.29 is 31.4 Å². The number of alkyl halides is 6. The van der Waals surface area contributed by atoms with Crippen LogP contribution < -0.4 is 0 Å². The number of nitrogens with one attached hydrogen (secondary N) is 1. The van der Waals surface area contributed by atoms with Crippen molar-refractivity contribution in [3.8, 4) is 5.75 Å². The van der Waals surface area contributed by atoms with Gasteiger partial charge in [0.05, 0.1) is 13.1 Å². The highest BCUT2D eigenvalue weighted by molar-refractivity contribution is 5.88. The highest BCUT2D eigenvalue weighted by Crippen LogP contribution is 2.28. The third kappa shape index (κ3) is 5.05. The molecule has 0 saturated carbocycles. The van der Waals surface area contributed by atoms with Crippen molar-refractivity contribution in [3.63, 3.8) is 0 Å². The van der Waals surface area contributed by atoms with Crippen molar-refractivity contribution in [3.05, 3.63) is 30.0 Å². The molecule has 0 fully saturated rings. The predicted octanol–water partition coefficient (Wildman–Crippen LogP) is 3.84. The van der Waals surface area contributed by atoms with Crippen molar-refractivity contribution in [2.75, 3.05) is 19.6 Å². The number of fused-ring (bicyclic) bond motifs is 1. The molecule has 0 atom stereocenters. The fraction of sp³-hybridized carbons (Fsp3) is 0.429. The molecule has 0 aliphatic heterocycles. The minimum absolute atomic E-state index is 0.0519. The topological polar surface area (TPSA) is 39.3 Å². The molecule has 1 aromatic carbocycles. The Bertz CT molecular complexity index is 645. The van der Waals surface area contributed by atoms with Crippen LogP contribution in [0.1, 0.15) is 5.56 Å². The van der Waals surface area contributed by atoms with Gasteiger partial charge in [0.1, 0.15) is 5.75 Å². The maximum Gasteiger partial charge on any atom is 0.401 e. The predicted molar refractivity (Wildman–Crippen MR) is 72.2 cm³/mol. The number of nitrogens with zero attached hydrogens (tertiary/aromatic N) is 1. The standard InChI is InChI=1S/C14H14F6N2O/c15-13(16,17)7-22(8-14(18,19)20)5-4-9-6-21-10-2-1-3-11(23)12(9)10/h1-3,6,21,23H,4-5,7-8H2. The van der Waals surface area contributed by atoms with Gasteiger partial charge in [-0.25, -0.2) is 0 Å². The molecule has 23 heavy (non-hydrogen) atoms. The Balaban J connectivity index is 2.13. The Morgan fingerprint density at radius 3 is 2.17 bits per heavy atom. The van der Waals surface area contributed by atoms with Crippen LogP contribution >= 0.6 is 0 Å². The second-order valence-corrected chi connectivity index (χ2v) is 5.20. The molecule has 0 unspecified atom stereocenters. The summed E-state index contributed by atoms with van der Waals surface area (Å²) in [6.45, 7) is -3.71. The molecule has 1 aromatic heterocycles. The summed E-state index contributed by atoms with van der Waals surface area (Å²) in [7, 11) is 0. The number of aromatic amines is 1. The number of aromatic hydroxyl groups is 1. The number of hydrogen-bond donors (Lipinski definition) is 2. The summed E-state index contributed by atoms with van der Waals surface area (Å²) in [5.74, 6) is -0.0723. The monoisotopic (exact) mass is 340 g/mol. The van der Waals surface area contributed by atoms with Gasteiger partial charge < -0.3 is 10.1 Å². The first kappa shape index (κ1) is 17.5. The first-order valence-electron chi connectivity index (χ1n) is 6.69. The van der Waals surface area contributed by atoms with E-state index in [0.29, 0.717) is 21.4 Å². The normalized spacial score (nSPS) is 13.2. The van der Waals surface area contributed by atoms with E-state index in [1.807, 2.05) is 0 Å². The lowest BCUT2D eigenvalue weighted by Gasteiger charge is -2.24. The van der Waals surface area contributed by atoms with Crippen LogP contribution in [0.15, 0.2) is 24.4 Å². The van der Waals surface area contributed by atoms with E-state index in [9.17, 15) is 31.4 Å². The van der Waals surface area contributed by atoms with Crippen LogP contribution in [0, 0.1) is 0 Å². The van der Waals surface area contributed by atoms with Gasteiger partial charge in [0, 0.05) is 23.6 Å². The Kier molecular flexibility index (Phi) is 4.79. The van der Waals surface area contributed by atoms with Gasteiger partial charge >= 0.3 is 12.4 Å². The van der Waals surface area contributed by atoms with Gasteiger partial charge in [-0.1, -0.05) is 6.07 Å². The zero-order chi connectivity index (χ0) is 17.3. The van der Waals surface area contributed by atoms with Gasteiger partial charge in [0.2, 0.25) is 0 Å². The second-order valence-electron chi connectivity index (χ2n) is 5.20. The number of aromatic nitrogens is 1. The first-order chi connectivity index (χ1) is 10.6. The largest absolute Gasteiger partial charge is 0.507 e. The average Bonchev–Trinajstić information content (AvgIpc) is 2.77. The maximum atomic E-state index is 12.4. The Labute approximate surface area is 127 Å². The molecular weight excluding hydrogens is 326 g/mol. The number of hydrogen-bond acceptors (Lipinski definition) is 2. The average molecular weight is 340 g/mol. The van der Waals surface area contributed by atoms with Crippen LogP contribution in [-0.2, 0) is 6.42 Å². The molecule has 2 N–H and O–H groups in total. The molecular formula is C14H14F6N2O. The smallest absolute Gasteiger partial charge is 0.401 e. The summed E-state index contributed by atoms with van der Waals surface area (Å²) in [6.07, 6.45) is -8.01. The third-order valence-corrected chi connectivity index (χ3v) is 3.27. The number of H-pyrrole nitrogens is 1. The van der Waals surface area contributed by atoms with Gasteiger partial charge in [-0.15, -0.1) is 0 Å². The summed E-state index contributed by atoms with van der Waals surface area (Å²) in [4.78, 5) is 3.13. The van der Waals surface area contributed by atoms with Crippen LogP contribution in [0.2, 0.25) is 0 Å². The lowest BCUT2D eigenvalue weighted by atomic mass is 10.1. The fourth-order valence-electron chi connectivity index (χ4n) is 2.43. The molecule has 0 aliphatic rings. The summed E-state index contributed by atoms with van der Waals surface area (Å²) < 4.78 is 74.5. The number of rotatable bonds is 5. The van der Waals surface area contributed by atoms with Crippen molar-refractivity contribution in [2.24, 2.45) is 0 Å². The summed E-state index contributed by atoms with van der Waals surface area (Å²) >= 11 is 0. The summed E-state index contributed by atoms with van der Waals surface area (Å²) in [6, 6.07) is 4.64. The van der Waals surface area contributed by atoms with Crippen molar-refractivity contribution >= 4 is 10.9 Å². The minimum Gasteiger partial charge on any atom is -0.507 e. The van der Waals surface area contributed by atoms with Crippen LogP contribution in [0.3, 0.4) is 0 Å². The first-order valence-corrected chi connectivity index (χ1v) is 6.69. The van der Waals surface area contributed by atoms with Crippen molar-refractivity contribution in [2.45, 2.75) is 18.8 Å².